The van der Waals surface area contributed by atoms with Crippen LogP contribution in [0.2, 0.25) is 12.2 Å². The Kier molecular flexibility index (Phi) is 4.81. The second-order valence-corrected chi connectivity index (χ2v) is 7.70. The fourth-order valence-corrected chi connectivity index (χ4v) is 4.27. The van der Waals surface area contributed by atoms with Crippen LogP contribution >= 0.6 is 0 Å². The van der Waals surface area contributed by atoms with E-state index in [9.17, 15) is 0 Å². The summed E-state index contributed by atoms with van der Waals surface area (Å²) in [6.07, 6.45) is 0. The van der Waals surface area contributed by atoms with Crippen molar-refractivity contribution in [3.63, 3.8) is 0 Å². The van der Waals surface area contributed by atoms with Gasteiger partial charge in [-0.15, -0.1) is 0 Å². The molecule has 0 radical (unpaired) electrons. The molecule has 0 atom stereocenters. The van der Waals surface area contributed by atoms with E-state index in [0.717, 1.165) is 0 Å². The molecule has 44 valence electrons. The van der Waals surface area contributed by atoms with E-state index < -0.39 is 0 Å². The first-order valence-electron chi connectivity index (χ1n) is 2.92. The van der Waals surface area contributed by atoms with Gasteiger partial charge in [-0.25, -0.2) is 0 Å². The zero-order valence-electron chi connectivity index (χ0n) is 5.57. The Morgan fingerprint density at radius 3 is 2.14 bits per heavy atom. The van der Waals surface area contributed by atoms with Crippen molar-refractivity contribution in [2.75, 3.05) is 14.1 Å². The number of rotatable bonds is 3. The van der Waals surface area contributed by atoms with Crippen molar-refractivity contribution in [2.45, 2.75) is 12.2 Å². The standard InChI is InChI=1S/C4H15NSi2/c1-5(2)7-4-6-3/h4,6-7H2,1-3H3. The summed E-state index contributed by atoms with van der Waals surface area (Å²) in [6.45, 7) is 2.39. The van der Waals surface area contributed by atoms with Gasteiger partial charge in [-0.3, -0.25) is 0 Å². The molecule has 1 nitrogen and oxygen atoms in total. The highest BCUT2D eigenvalue weighted by Crippen LogP contribution is 1.75. The number of hydrogen-bond acceptors (Lipinski definition) is 1. The molecule has 0 unspecified atom stereocenters. The van der Waals surface area contributed by atoms with Gasteiger partial charge in [-0.2, -0.15) is 0 Å². The fourth-order valence-electron chi connectivity index (χ4n) is 0.474. The van der Waals surface area contributed by atoms with Gasteiger partial charge >= 0.3 is 0 Å². The van der Waals surface area contributed by atoms with Crippen molar-refractivity contribution in [1.82, 2.24) is 4.57 Å². The van der Waals surface area contributed by atoms with E-state index in [2.05, 4.69) is 25.2 Å². The van der Waals surface area contributed by atoms with Crippen LogP contribution in [0, 0.1) is 0 Å². The minimum atomic E-state index is 0.241. The first-order valence-corrected chi connectivity index (χ1v) is 6.96. The summed E-state index contributed by atoms with van der Waals surface area (Å²) >= 11 is 0. The highest BCUT2D eigenvalue weighted by Gasteiger charge is 1.86. The third-order valence-electron chi connectivity index (χ3n) is 0.959. The minimum absolute atomic E-state index is 0.241. The van der Waals surface area contributed by atoms with E-state index in [1.54, 1.807) is 5.67 Å². The van der Waals surface area contributed by atoms with Crippen molar-refractivity contribution in [3.05, 3.63) is 0 Å². The Balaban J connectivity index is 2.68. The van der Waals surface area contributed by atoms with Gasteiger partial charge in [-0.1, -0.05) is 12.2 Å². The van der Waals surface area contributed by atoms with Crippen molar-refractivity contribution in [3.8, 4) is 0 Å². The molecule has 0 aromatic carbocycles. The molecule has 0 fully saturated rings. The molecule has 0 aliphatic heterocycles. The zero-order chi connectivity index (χ0) is 5.70. The second-order valence-electron chi connectivity index (χ2n) is 2.16. The lowest BCUT2D eigenvalue weighted by molar-refractivity contribution is 0.663. The minimum Gasteiger partial charge on any atom is -0.335 e. The van der Waals surface area contributed by atoms with Gasteiger partial charge in [0.05, 0.1) is 9.68 Å². The lowest BCUT2D eigenvalue weighted by Crippen LogP contribution is -2.17. The fraction of sp³-hybridized carbons (Fsp3) is 1.00. The van der Waals surface area contributed by atoms with Gasteiger partial charge in [0.25, 0.3) is 0 Å². The van der Waals surface area contributed by atoms with Crippen LogP contribution in [0.4, 0.5) is 0 Å². The summed E-state index contributed by atoms with van der Waals surface area (Å²) in [7, 11) is 5.01. The van der Waals surface area contributed by atoms with Crippen molar-refractivity contribution < 1.29 is 0 Å². The molecule has 0 saturated heterocycles. The molecule has 0 heterocycles. The van der Waals surface area contributed by atoms with Gasteiger partial charge < -0.3 is 4.57 Å². The molecule has 0 bridgehead atoms. The molecule has 0 aromatic rings. The Morgan fingerprint density at radius 1 is 1.43 bits per heavy atom. The van der Waals surface area contributed by atoms with Crippen molar-refractivity contribution in [1.29, 1.82) is 0 Å². The summed E-state index contributed by atoms with van der Waals surface area (Å²) in [5, 5.41) is 0. The third-order valence-corrected chi connectivity index (χ3v) is 5.95. The largest absolute Gasteiger partial charge is 0.335 e. The third kappa shape index (κ3) is 6.39. The number of nitrogens with zero attached hydrogens (tertiary/aromatic N) is 1. The predicted octanol–water partition coefficient (Wildman–Crippen LogP) is -0.776. The summed E-state index contributed by atoms with van der Waals surface area (Å²) in [4.78, 5) is 0. The molecule has 0 N–H and O–H groups in total. The van der Waals surface area contributed by atoms with Crippen LogP contribution in [0.1, 0.15) is 0 Å². The van der Waals surface area contributed by atoms with E-state index in [1.807, 2.05) is 0 Å². The molecule has 0 rings (SSSR count). The maximum Gasteiger partial charge on any atom is 0.0912 e. The van der Waals surface area contributed by atoms with Gasteiger partial charge in [0, 0.05) is 9.52 Å². The van der Waals surface area contributed by atoms with Crippen LogP contribution in [0.3, 0.4) is 0 Å². The first-order chi connectivity index (χ1) is 3.27. The molecule has 0 aliphatic carbocycles. The average molecular weight is 133 g/mol. The highest BCUT2D eigenvalue weighted by molar-refractivity contribution is 6.53. The molecule has 7 heavy (non-hydrogen) atoms. The Bertz CT molecular complexity index is 38.7. The van der Waals surface area contributed by atoms with Crippen LogP contribution in [-0.2, 0) is 0 Å². The smallest absolute Gasteiger partial charge is 0.0912 e. The van der Waals surface area contributed by atoms with Crippen LogP contribution in [0.25, 0.3) is 0 Å². The molecular weight excluding hydrogens is 118 g/mol. The van der Waals surface area contributed by atoms with E-state index in [0.29, 0.717) is 9.52 Å². The monoisotopic (exact) mass is 133 g/mol. The first kappa shape index (κ1) is 7.39. The quantitative estimate of drug-likeness (QED) is 0.457. The van der Waals surface area contributed by atoms with E-state index >= 15 is 0 Å². The van der Waals surface area contributed by atoms with Crippen LogP contribution in [-0.4, -0.2) is 37.9 Å². The van der Waals surface area contributed by atoms with Gasteiger partial charge in [0.2, 0.25) is 0 Å². The summed E-state index contributed by atoms with van der Waals surface area (Å²) in [5.74, 6) is 0. The summed E-state index contributed by atoms with van der Waals surface area (Å²) in [5.41, 5.74) is 1.60. The van der Waals surface area contributed by atoms with Gasteiger partial charge in [0.15, 0.2) is 0 Å². The topological polar surface area (TPSA) is 3.24 Å². The molecule has 0 saturated carbocycles. The van der Waals surface area contributed by atoms with E-state index in [-0.39, 0.29) is 9.68 Å². The van der Waals surface area contributed by atoms with Gasteiger partial charge in [0.1, 0.15) is 0 Å². The molecule has 0 aromatic heterocycles. The van der Waals surface area contributed by atoms with Crippen LogP contribution in [0.15, 0.2) is 0 Å². The van der Waals surface area contributed by atoms with E-state index in [4.69, 9.17) is 0 Å². The van der Waals surface area contributed by atoms with Crippen LogP contribution < -0.4 is 0 Å². The SMILES string of the molecule is C[SiH2]C[SiH2]N(C)C. The second kappa shape index (κ2) is 4.55. The number of hydrogen-bond donors (Lipinski definition) is 0. The average Bonchev–Trinajstić information content (AvgIpc) is 1.61. The lowest BCUT2D eigenvalue weighted by Gasteiger charge is -2.04. The molecule has 0 spiro atoms. The normalized spacial score (nSPS) is 13.7. The predicted molar refractivity (Wildman–Crippen MR) is 41.4 cm³/mol. The maximum atomic E-state index is 2.39. The molecule has 0 amide bonds. The lowest BCUT2D eigenvalue weighted by atomic mass is 11.3. The van der Waals surface area contributed by atoms with E-state index in [1.165, 1.54) is 0 Å². The Labute approximate surface area is 50.8 Å². The van der Waals surface area contributed by atoms with Crippen LogP contribution in [0.5, 0.6) is 0 Å². The summed E-state index contributed by atoms with van der Waals surface area (Å²) in [6, 6.07) is 0. The highest BCUT2D eigenvalue weighted by atomic mass is 28.3. The van der Waals surface area contributed by atoms with Gasteiger partial charge in [-0.05, 0) is 14.1 Å². The van der Waals surface area contributed by atoms with Crippen molar-refractivity contribution in [2.24, 2.45) is 0 Å². The molecular formula is C4H15NSi2. The molecule has 0 aliphatic rings. The zero-order valence-corrected chi connectivity index (χ0v) is 8.40. The molecule has 3 heteroatoms. The van der Waals surface area contributed by atoms with Crippen molar-refractivity contribution >= 4 is 19.2 Å². The summed E-state index contributed by atoms with van der Waals surface area (Å²) < 4.78 is 2.39. The Hall–Kier alpha value is 0.394. The maximum absolute atomic E-state index is 2.39. The Morgan fingerprint density at radius 2 is 2.00 bits per heavy atom.